The fourth-order valence-corrected chi connectivity index (χ4v) is 2.43. The van der Waals surface area contributed by atoms with E-state index >= 15 is 0 Å². The molecule has 1 saturated carbocycles. The number of nitrogens with zero attached hydrogens (tertiary/aromatic N) is 1. The summed E-state index contributed by atoms with van der Waals surface area (Å²) in [5, 5.41) is 12.0. The monoisotopic (exact) mass is 262 g/mol. The van der Waals surface area contributed by atoms with Gasteiger partial charge in [-0.2, -0.15) is 5.26 Å². The maximum atomic E-state index is 13.4. The number of nitriles is 1. The van der Waals surface area contributed by atoms with Gasteiger partial charge in [-0.25, -0.2) is 4.39 Å². The maximum Gasteiger partial charge on any atom is 0.143 e. The van der Waals surface area contributed by atoms with Crippen LogP contribution in [0.25, 0.3) is 0 Å². The zero-order chi connectivity index (χ0) is 13.5. The first-order valence-corrected chi connectivity index (χ1v) is 6.85. The van der Waals surface area contributed by atoms with Gasteiger partial charge >= 0.3 is 0 Å². The highest BCUT2D eigenvalue weighted by Gasteiger charge is 2.13. The molecule has 0 radical (unpaired) electrons. The molecule has 0 aromatic heterocycles. The SMILES string of the molecule is N#Cc1c(F)cccc1NCCOC1CCCCC1. The maximum absolute atomic E-state index is 13.4. The van der Waals surface area contributed by atoms with Gasteiger partial charge in [0.1, 0.15) is 17.4 Å². The number of halogens is 1. The van der Waals surface area contributed by atoms with Gasteiger partial charge in [-0.3, -0.25) is 0 Å². The Hall–Kier alpha value is -1.60. The molecule has 2 rings (SSSR count). The van der Waals surface area contributed by atoms with Gasteiger partial charge in [0.25, 0.3) is 0 Å². The third-order valence-electron chi connectivity index (χ3n) is 3.45. The molecule has 102 valence electrons. The Bertz CT molecular complexity index is 450. The van der Waals surface area contributed by atoms with E-state index in [4.69, 9.17) is 10.00 Å². The van der Waals surface area contributed by atoms with Crippen LogP contribution in [0.5, 0.6) is 0 Å². The third-order valence-corrected chi connectivity index (χ3v) is 3.45. The fraction of sp³-hybridized carbons (Fsp3) is 0.533. The molecule has 1 aliphatic rings. The highest BCUT2D eigenvalue weighted by molar-refractivity contribution is 5.57. The van der Waals surface area contributed by atoms with Crippen molar-refractivity contribution in [2.45, 2.75) is 38.2 Å². The Morgan fingerprint density at radius 3 is 2.84 bits per heavy atom. The Morgan fingerprint density at radius 1 is 1.32 bits per heavy atom. The number of anilines is 1. The standard InChI is InChI=1S/C15H19FN2O/c16-14-7-4-8-15(13(14)11-17)18-9-10-19-12-5-2-1-3-6-12/h4,7-8,12,18H,1-3,5-6,9-10H2. The van der Waals surface area contributed by atoms with Gasteiger partial charge in [0.05, 0.1) is 18.4 Å². The molecule has 0 heterocycles. The van der Waals surface area contributed by atoms with Crippen LogP contribution in [0.15, 0.2) is 18.2 Å². The highest BCUT2D eigenvalue weighted by atomic mass is 19.1. The summed E-state index contributed by atoms with van der Waals surface area (Å²) >= 11 is 0. The van der Waals surface area contributed by atoms with E-state index in [9.17, 15) is 4.39 Å². The first-order valence-electron chi connectivity index (χ1n) is 6.85. The fourth-order valence-electron chi connectivity index (χ4n) is 2.43. The zero-order valence-electron chi connectivity index (χ0n) is 11.0. The number of rotatable bonds is 5. The van der Waals surface area contributed by atoms with Crippen LogP contribution >= 0.6 is 0 Å². The van der Waals surface area contributed by atoms with Crippen molar-refractivity contribution >= 4 is 5.69 Å². The van der Waals surface area contributed by atoms with E-state index in [0.29, 0.717) is 24.9 Å². The average Bonchev–Trinajstić information content (AvgIpc) is 2.45. The van der Waals surface area contributed by atoms with Crippen LogP contribution in [-0.2, 0) is 4.74 Å². The van der Waals surface area contributed by atoms with Crippen LogP contribution in [0.4, 0.5) is 10.1 Å². The predicted molar refractivity (Wildman–Crippen MR) is 72.4 cm³/mol. The summed E-state index contributed by atoms with van der Waals surface area (Å²) in [5.41, 5.74) is 0.606. The highest BCUT2D eigenvalue weighted by Crippen LogP contribution is 2.20. The van der Waals surface area contributed by atoms with E-state index < -0.39 is 5.82 Å². The van der Waals surface area contributed by atoms with Crippen LogP contribution < -0.4 is 5.32 Å². The largest absolute Gasteiger partial charge is 0.382 e. The van der Waals surface area contributed by atoms with Crippen LogP contribution in [0.2, 0.25) is 0 Å². The topological polar surface area (TPSA) is 45.0 Å². The van der Waals surface area contributed by atoms with Gasteiger partial charge in [-0.05, 0) is 25.0 Å². The minimum atomic E-state index is -0.485. The number of ether oxygens (including phenoxy) is 1. The summed E-state index contributed by atoms with van der Waals surface area (Å²) in [6, 6.07) is 6.48. The lowest BCUT2D eigenvalue weighted by molar-refractivity contribution is 0.0347. The van der Waals surface area contributed by atoms with Gasteiger partial charge in [-0.1, -0.05) is 25.3 Å². The number of hydrogen-bond acceptors (Lipinski definition) is 3. The lowest BCUT2D eigenvalue weighted by Crippen LogP contribution is -2.20. The van der Waals surface area contributed by atoms with Crippen LogP contribution in [0, 0.1) is 17.1 Å². The van der Waals surface area contributed by atoms with Crippen molar-refractivity contribution in [3.8, 4) is 6.07 Å². The van der Waals surface area contributed by atoms with Crippen LogP contribution in [-0.4, -0.2) is 19.3 Å². The minimum absolute atomic E-state index is 0.0696. The second kappa shape index (κ2) is 7.10. The molecule has 0 atom stereocenters. The summed E-state index contributed by atoms with van der Waals surface area (Å²) in [6.07, 6.45) is 6.47. The van der Waals surface area contributed by atoms with E-state index in [1.807, 2.05) is 6.07 Å². The normalized spacial score (nSPS) is 16.0. The number of benzene rings is 1. The lowest BCUT2D eigenvalue weighted by Gasteiger charge is -2.22. The number of hydrogen-bond donors (Lipinski definition) is 1. The molecule has 1 fully saturated rings. The molecule has 0 aliphatic heterocycles. The van der Waals surface area contributed by atoms with Gasteiger partial charge in [0.15, 0.2) is 0 Å². The predicted octanol–water partition coefficient (Wildman–Crippen LogP) is 3.46. The van der Waals surface area contributed by atoms with E-state index in [1.165, 1.54) is 25.3 Å². The molecule has 1 aromatic carbocycles. The molecule has 1 aromatic rings. The zero-order valence-corrected chi connectivity index (χ0v) is 11.0. The first-order chi connectivity index (χ1) is 9.31. The minimum Gasteiger partial charge on any atom is -0.382 e. The van der Waals surface area contributed by atoms with Crippen molar-refractivity contribution in [2.75, 3.05) is 18.5 Å². The molecule has 1 aliphatic carbocycles. The molecular weight excluding hydrogens is 243 g/mol. The summed E-state index contributed by atoms with van der Waals surface area (Å²) in [7, 11) is 0. The van der Waals surface area contributed by atoms with Gasteiger partial charge in [-0.15, -0.1) is 0 Å². The van der Waals surface area contributed by atoms with Crippen LogP contribution in [0.3, 0.4) is 0 Å². The van der Waals surface area contributed by atoms with E-state index in [1.54, 1.807) is 12.1 Å². The Labute approximate surface area is 113 Å². The van der Waals surface area contributed by atoms with Crippen molar-refractivity contribution in [3.05, 3.63) is 29.6 Å². The lowest BCUT2D eigenvalue weighted by atomic mass is 9.98. The van der Waals surface area contributed by atoms with Crippen molar-refractivity contribution in [2.24, 2.45) is 0 Å². The van der Waals surface area contributed by atoms with Crippen molar-refractivity contribution < 1.29 is 9.13 Å². The quantitative estimate of drug-likeness (QED) is 0.826. The van der Waals surface area contributed by atoms with E-state index in [2.05, 4.69) is 5.32 Å². The van der Waals surface area contributed by atoms with Crippen molar-refractivity contribution in [3.63, 3.8) is 0 Å². The summed E-state index contributed by atoms with van der Waals surface area (Å²) < 4.78 is 19.1. The molecule has 0 saturated heterocycles. The first kappa shape index (κ1) is 13.8. The summed E-state index contributed by atoms with van der Waals surface area (Å²) in [5.74, 6) is -0.485. The molecule has 1 N–H and O–H groups in total. The Balaban J connectivity index is 1.76. The second-order valence-corrected chi connectivity index (χ2v) is 4.83. The molecule has 0 unspecified atom stereocenters. The van der Waals surface area contributed by atoms with Crippen molar-refractivity contribution in [1.82, 2.24) is 0 Å². The van der Waals surface area contributed by atoms with E-state index in [0.717, 1.165) is 12.8 Å². The third kappa shape index (κ3) is 3.93. The summed E-state index contributed by atoms with van der Waals surface area (Å²) in [6.45, 7) is 1.18. The smallest absolute Gasteiger partial charge is 0.143 e. The average molecular weight is 262 g/mol. The Kier molecular flexibility index (Phi) is 5.17. The molecule has 3 nitrogen and oxygen atoms in total. The molecular formula is C15H19FN2O. The molecule has 0 amide bonds. The molecule has 4 heteroatoms. The second-order valence-electron chi connectivity index (χ2n) is 4.83. The Morgan fingerprint density at radius 2 is 2.11 bits per heavy atom. The van der Waals surface area contributed by atoms with Gasteiger partial charge < -0.3 is 10.1 Å². The molecule has 19 heavy (non-hydrogen) atoms. The van der Waals surface area contributed by atoms with Crippen molar-refractivity contribution in [1.29, 1.82) is 5.26 Å². The van der Waals surface area contributed by atoms with E-state index in [-0.39, 0.29) is 5.56 Å². The van der Waals surface area contributed by atoms with Gasteiger partial charge in [0, 0.05) is 6.54 Å². The molecule has 0 spiro atoms. The number of nitrogens with one attached hydrogen (secondary N) is 1. The molecule has 0 bridgehead atoms. The van der Waals surface area contributed by atoms with Gasteiger partial charge in [0.2, 0.25) is 0 Å². The van der Waals surface area contributed by atoms with Crippen LogP contribution in [0.1, 0.15) is 37.7 Å². The summed E-state index contributed by atoms with van der Waals surface area (Å²) in [4.78, 5) is 0.